The summed E-state index contributed by atoms with van der Waals surface area (Å²) in [4.78, 5) is 34.2. The number of methoxy groups -OCH3 is 1. The number of carbonyl (C=O) groups excluding carboxylic acids is 2. The molecule has 1 N–H and O–H groups in total. The summed E-state index contributed by atoms with van der Waals surface area (Å²) in [6.07, 6.45) is -4.55. The van der Waals surface area contributed by atoms with Gasteiger partial charge in [0, 0.05) is 48.4 Å². The van der Waals surface area contributed by atoms with Gasteiger partial charge >= 0.3 is 6.18 Å². The number of pyridine rings is 1. The summed E-state index contributed by atoms with van der Waals surface area (Å²) >= 11 is 0. The second-order valence-corrected chi connectivity index (χ2v) is 10.5. The van der Waals surface area contributed by atoms with E-state index in [4.69, 9.17) is 9.47 Å². The van der Waals surface area contributed by atoms with Gasteiger partial charge in [-0.2, -0.15) is 17.6 Å². The predicted molar refractivity (Wildman–Crippen MR) is 135 cm³/mol. The van der Waals surface area contributed by atoms with E-state index >= 15 is 0 Å². The number of amides is 2. The summed E-state index contributed by atoms with van der Waals surface area (Å²) in [6.45, 7) is 3.07. The van der Waals surface area contributed by atoms with Gasteiger partial charge in [-0.1, -0.05) is 13.0 Å². The molecule has 0 radical (unpaired) electrons. The standard InChI is InChI=1S/C27H31F5N4O4/c1-14-20(17-6-7-18(28)21(29)22(17)39-5)23(40-26(14,2)27(30,31)32)24(37)34-15-8-10-33-19(12-15)25(38)36-11-9-16(13-36)35(3)4/h6-8,10,12,14,16,20,23H,9,11,13H2,1-5H3,(H,33,34,37)/t14-,16+,20-,23+,26+/m0/s1. The van der Waals surface area contributed by atoms with Crippen LogP contribution in [0.15, 0.2) is 30.5 Å². The van der Waals surface area contributed by atoms with Crippen molar-refractivity contribution in [2.24, 2.45) is 5.92 Å². The van der Waals surface area contributed by atoms with Crippen molar-refractivity contribution < 1.29 is 41.0 Å². The molecule has 1 aromatic heterocycles. The Morgan fingerprint density at radius 1 is 1.23 bits per heavy atom. The van der Waals surface area contributed by atoms with Gasteiger partial charge in [-0.15, -0.1) is 0 Å². The molecular formula is C27H31F5N4O4. The zero-order valence-corrected chi connectivity index (χ0v) is 22.7. The van der Waals surface area contributed by atoms with E-state index in [9.17, 15) is 31.5 Å². The summed E-state index contributed by atoms with van der Waals surface area (Å²) in [5.41, 5.74) is -2.76. The molecule has 0 bridgehead atoms. The lowest BCUT2D eigenvalue weighted by molar-refractivity contribution is -0.272. The number of hydrogen-bond donors (Lipinski definition) is 1. The quantitative estimate of drug-likeness (QED) is 0.524. The van der Waals surface area contributed by atoms with Crippen LogP contribution in [0, 0.1) is 17.6 Å². The van der Waals surface area contributed by atoms with Crippen LogP contribution >= 0.6 is 0 Å². The van der Waals surface area contributed by atoms with E-state index < -0.39 is 53.0 Å². The number of nitrogens with one attached hydrogen (secondary N) is 1. The Balaban J connectivity index is 1.64. The lowest BCUT2D eigenvalue weighted by Gasteiger charge is -2.32. The van der Waals surface area contributed by atoms with Gasteiger partial charge in [-0.25, -0.2) is 4.39 Å². The average molecular weight is 571 g/mol. The lowest BCUT2D eigenvalue weighted by Crippen LogP contribution is -2.47. The zero-order chi connectivity index (χ0) is 29.6. The van der Waals surface area contributed by atoms with Crippen molar-refractivity contribution in [1.82, 2.24) is 14.8 Å². The molecule has 0 saturated carbocycles. The van der Waals surface area contributed by atoms with Gasteiger partial charge in [0.1, 0.15) is 11.8 Å². The molecule has 1 aromatic carbocycles. The largest absolute Gasteiger partial charge is 0.493 e. The van der Waals surface area contributed by atoms with E-state index in [2.05, 4.69) is 10.3 Å². The summed E-state index contributed by atoms with van der Waals surface area (Å²) in [7, 11) is 4.90. The molecule has 3 heterocycles. The molecule has 0 aliphatic carbocycles. The number of nitrogens with zero attached hydrogens (tertiary/aromatic N) is 3. The summed E-state index contributed by atoms with van der Waals surface area (Å²) in [5, 5.41) is 2.51. The van der Waals surface area contributed by atoms with Crippen molar-refractivity contribution in [3.8, 4) is 5.75 Å². The molecule has 13 heteroatoms. The van der Waals surface area contributed by atoms with Gasteiger partial charge in [0.15, 0.2) is 17.2 Å². The molecule has 2 aromatic rings. The number of anilines is 1. The van der Waals surface area contributed by atoms with Crippen LogP contribution in [0.2, 0.25) is 0 Å². The molecule has 8 nitrogen and oxygen atoms in total. The first-order valence-electron chi connectivity index (χ1n) is 12.7. The summed E-state index contributed by atoms with van der Waals surface area (Å²) < 4.78 is 81.3. The third-order valence-electron chi connectivity index (χ3n) is 8.00. The van der Waals surface area contributed by atoms with Crippen molar-refractivity contribution in [3.63, 3.8) is 0 Å². The molecule has 218 valence electrons. The molecule has 0 spiro atoms. The summed E-state index contributed by atoms with van der Waals surface area (Å²) in [5.74, 6) is -7.31. The van der Waals surface area contributed by atoms with Gasteiger partial charge in [-0.3, -0.25) is 14.6 Å². The number of hydrogen-bond acceptors (Lipinski definition) is 6. The van der Waals surface area contributed by atoms with Gasteiger partial charge in [0.25, 0.3) is 11.8 Å². The Labute approximate surface area is 228 Å². The lowest BCUT2D eigenvalue weighted by atomic mass is 9.77. The minimum Gasteiger partial charge on any atom is -0.493 e. The highest BCUT2D eigenvalue weighted by atomic mass is 19.4. The first-order chi connectivity index (χ1) is 18.7. The number of rotatable bonds is 6. The van der Waals surface area contributed by atoms with Gasteiger partial charge in [-0.05, 0) is 45.6 Å². The van der Waals surface area contributed by atoms with Crippen molar-refractivity contribution in [3.05, 3.63) is 53.4 Å². The van der Waals surface area contributed by atoms with E-state index in [0.29, 0.717) is 13.1 Å². The maximum absolute atomic E-state index is 14.6. The molecule has 0 unspecified atom stereocenters. The van der Waals surface area contributed by atoms with Crippen LogP contribution in [-0.2, 0) is 9.53 Å². The smallest absolute Gasteiger partial charge is 0.417 e. The second-order valence-electron chi connectivity index (χ2n) is 10.5. The first-order valence-corrected chi connectivity index (χ1v) is 12.7. The Hall–Kier alpha value is -3.32. The monoisotopic (exact) mass is 570 g/mol. The van der Waals surface area contributed by atoms with E-state index in [1.54, 1.807) is 4.90 Å². The van der Waals surface area contributed by atoms with Crippen LogP contribution in [-0.4, -0.2) is 84.8 Å². The number of ether oxygens (including phenoxy) is 2. The Kier molecular flexibility index (Phi) is 8.10. The average Bonchev–Trinajstić information content (AvgIpc) is 3.49. The molecule has 4 rings (SSSR count). The zero-order valence-electron chi connectivity index (χ0n) is 22.7. The molecule has 40 heavy (non-hydrogen) atoms. The number of alkyl halides is 3. The molecular weight excluding hydrogens is 539 g/mol. The molecule has 2 amide bonds. The fourth-order valence-electron chi connectivity index (χ4n) is 5.39. The number of halogens is 5. The topological polar surface area (TPSA) is 84.0 Å². The maximum Gasteiger partial charge on any atom is 0.417 e. The fraction of sp³-hybridized carbons (Fsp3) is 0.519. The number of benzene rings is 1. The van der Waals surface area contributed by atoms with E-state index in [1.807, 2.05) is 19.0 Å². The third kappa shape index (κ3) is 5.24. The van der Waals surface area contributed by atoms with Crippen LogP contribution in [0.3, 0.4) is 0 Å². The highest BCUT2D eigenvalue weighted by Crippen LogP contribution is 2.55. The second kappa shape index (κ2) is 10.9. The Morgan fingerprint density at radius 3 is 2.52 bits per heavy atom. The van der Waals surface area contributed by atoms with Gasteiger partial charge in [0.2, 0.25) is 5.82 Å². The number of likely N-dealkylation sites (N-methyl/N-ethyl adjacent to an activating group) is 1. The van der Waals surface area contributed by atoms with Crippen molar-refractivity contribution in [2.45, 2.75) is 50.1 Å². The van der Waals surface area contributed by atoms with Crippen LogP contribution < -0.4 is 10.1 Å². The maximum atomic E-state index is 14.6. The van der Waals surface area contributed by atoms with Crippen molar-refractivity contribution in [2.75, 3.05) is 39.6 Å². The first kappa shape index (κ1) is 29.7. The number of likely N-dealkylation sites (tertiary alicyclic amines) is 1. The molecule has 2 aliphatic rings. The van der Waals surface area contributed by atoms with E-state index in [-0.39, 0.29) is 28.9 Å². The minimum absolute atomic E-state index is 0.0527. The van der Waals surface area contributed by atoms with Crippen molar-refractivity contribution in [1.29, 1.82) is 0 Å². The third-order valence-corrected chi connectivity index (χ3v) is 8.00. The van der Waals surface area contributed by atoms with Crippen LogP contribution in [0.1, 0.15) is 42.2 Å². The van der Waals surface area contributed by atoms with Gasteiger partial charge in [0.05, 0.1) is 7.11 Å². The molecule has 5 atom stereocenters. The Bertz CT molecular complexity index is 1290. The number of carbonyl (C=O) groups is 2. The van der Waals surface area contributed by atoms with Crippen LogP contribution in [0.5, 0.6) is 5.75 Å². The van der Waals surface area contributed by atoms with Crippen LogP contribution in [0.4, 0.5) is 27.6 Å². The SMILES string of the molecule is COc1c([C@H]2[C@H](C(=O)Nc3ccnc(C(=O)N4CC[C@@H](N(C)C)C4)c3)O[C@@](C)(C(F)(F)F)[C@H]2C)ccc(F)c1F. The minimum atomic E-state index is -4.89. The molecule has 2 saturated heterocycles. The van der Waals surface area contributed by atoms with Crippen LogP contribution in [0.25, 0.3) is 0 Å². The Morgan fingerprint density at radius 2 is 1.93 bits per heavy atom. The number of aromatic nitrogens is 1. The highest BCUT2D eigenvalue weighted by Gasteiger charge is 2.66. The van der Waals surface area contributed by atoms with Gasteiger partial charge < -0.3 is 24.6 Å². The molecule has 2 aliphatic heterocycles. The van der Waals surface area contributed by atoms with Crippen molar-refractivity contribution >= 4 is 17.5 Å². The highest BCUT2D eigenvalue weighted by molar-refractivity contribution is 5.98. The fourth-order valence-corrected chi connectivity index (χ4v) is 5.39. The molecule has 2 fully saturated rings. The predicted octanol–water partition coefficient (Wildman–Crippen LogP) is 4.22. The summed E-state index contributed by atoms with van der Waals surface area (Å²) in [6, 6.07) is 4.76. The van der Waals surface area contributed by atoms with E-state index in [1.165, 1.54) is 25.3 Å². The van der Waals surface area contributed by atoms with E-state index in [0.717, 1.165) is 32.6 Å². The normalized spacial score (nSPS) is 26.8.